The molecule has 170 valence electrons. The first-order valence-corrected chi connectivity index (χ1v) is 11.0. The van der Waals surface area contributed by atoms with Crippen LogP contribution in [0.2, 0.25) is 0 Å². The van der Waals surface area contributed by atoms with Crippen LogP contribution in [0, 0.1) is 0 Å². The number of carbonyl (C=O) groups excluding carboxylic acids is 1. The summed E-state index contributed by atoms with van der Waals surface area (Å²) in [5.74, 6) is 0.155. The standard InChI is InChI=1S/C23H25FN8O/c1-30-14-17(12-26-30)20-3-2-16-11-25-22(10-21(16)28-20)29-23(33)18-13-27-32(15-18)19-4-7-31(8-5-19)9-6-24/h2-3,10-15,19H,4-9H2,1H3,(H,25,29,33). The molecular formula is C23H25FN8O. The molecule has 1 fully saturated rings. The molecule has 0 bridgehead atoms. The van der Waals surface area contributed by atoms with Gasteiger partial charge >= 0.3 is 0 Å². The fourth-order valence-electron chi connectivity index (χ4n) is 4.17. The molecule has 33 heavy (non-hydrogen) atoms. The van der Waals surface area contributed by atoms with E-state index in [0.717, 1.165) is 48.1 Å². The Kier molecular flexibility index (Phi) is 5.82. The summed E-state index contributed by atoms with van der Waals surface area (Å²) in [6.07, 6.45) is 10.5. The molecule has 0 aliphatic carbocycles. The number of rotatable bonds is 6. The molecule has 0 aromatic carbocycles. The van der Waals surface area contributed by atoms with Crippen molar-refractivity contribution in [2.24, 2.45) is 7.05 Å². The van der Waals surface area contributed by atoms with E-state index < -0.39 is 0 Å². The van der Waals surface area contributed by atoms with Crippen LogP contribution in [-0.4, -0.2) is 66.6 Å². The van der Waals surface area contributed by atoms with Gasteiger partial charge in [0.25, 0.3) is 5.91 Å². The van der Waals surface area contributed by atoms with Crippen molar-refractivity contribution in [3.8, 4) is 11.3 Å². The summed E-state index contributed by atoms with van der Waals surface area (Å²) in [6.45, 7) is 1.84. The van der Waals surface area contributed by atoms with Crippen LogP contribution in [0.1, 0.15) is 29.2 Å². The summed E-state index contributed by atoms with van der Waals surface area (Å²) in [4.78, 5) is 24.0. The molecule has 0 saturated carbocycles. The Labute approximate surface area is 190 Å². The lowest BCUT2D eigenvalue weighted by Crippen LogP contribution is -2.36. The van der Waals surface area contributed by atoms with Crippen molar-refractivity contribution in [2.75, 3.05) is 31.6 Å². The van der Waals surface area contributed by atoms with Gasteiger partial charge in [0, 0.05) is 62.3 Å². The first kappa shape index (κ1) is 21.2. The number of amides is 1. The Morgan fingerprint density at radius 3 is 2.76 bits per heavy atom. The van der Waals surface area contributed by atoms with Crippen LogP contribution in [0.5, 0.6) is 0 Å². The smallest absolute Gasteiger partial charge is 0.260 e. The van der Waals surface area contributed by atoms with Crippen molar-refractivity contribution < 1.29 is 9.18 Å². The number of nitrogens with one attached hydrogen (secondary N) is 1. The van der Waals surface area contributed by atoms with Crippen molar-refractivity contribution in [3.05, 3.63) is 54.7 Å². The molecule has 4 aromatic heterocycles. The molecule has 0 unspecified atom stereocenters. The fraction of sp³-hybridized carbons (Fsp3) is 0.348. The largest absolute Gasteiger partial charge is 0.306 e. The van der Waals surface area contributed by atoms with E-state index in [-0.39, 0.29) is 18.6 Å². The monoisotopic (exact) mass is 448 g/mol. The molecule has 4 aromatic rings. The molecule has 5 rings (SSSR count). The van der Waals surface area contributed by atoms with Crippen LogP contribution in [0.3, 0.4) is 0 Å². The van der Waals surface area contributed by atoms with Gasteiger partial charge in [0.2, 0.25) is 0 Å². The number of piperidine rings is 1. The Morgan fingerprint density at radius 1 is 1.15 bits per heavy atom. The van der Waals surface area contributed by atoms with Gasteiger partial charge in [0.15, 0.2) is 0 Å². The third kappa shape index (κ3) is 4.61. The summed E-state index contributed by atoms with van der Waals surface area (Å²) in [6, 6.07) is 5.86. The van der Waals surface area contributed by atoms with E-state index in [2.05, 4.69) is 25.4 Å². The second kappa shape index (κ2) is 9.07. The third-order valence-corrected chi connectivity index (χ3v) is 6.01. The van der Waals surface area contributed by atoms with Gasteiger partial charge in [0.1, 0.15) is 12.5 Å². The Bertz CT molecular complexity index is 1270. The van der Waals surface area contributed by atoms with E-state index in [1.54, 1.807) is 35.5 Å². The fourth-order valence-corrected chi connectivity index (χ4v) is 4.17. The number of hydrogen-bond donors (Lipinski definition) is 1. The molecule has 1 N–H and O–H groups in total. The molecule has 9 nitrogen and oxygen atoms in total. The number of pyridine rings is 2. The maximum atomic E-state index is 12.8. The zero-order valence-electron chi connectivity index (χ0n) is 18.4. The minimum atomic E-state index is -0.320. The van der Waals surface area contributed by atoms with Crippen LogP contribution < -0.4 is 5.32 Å². The minimum Gasteiger partial charge on any atom is -0.306 e. The number of fused-ring (bicyclic) bond motifs is 1. The normalized spacial score (nSPS) is 15.2. The van der Waals surface area contributed by atoms with Gasteiger partial charge in [-0.1, -0.05) is 0 Å². The second-order valence-electron chi connectivity index (χ2n) is 8.29. The van der Waals surface area contributed by atoms with Crippen LogP contribution in [0.15, 0.2) is 49.2 Å². The number of carbonyl (C=O) groups is 1. The zero-order valence-corrected chi connectivity index (χ0v) is 18.4. The first-order valence-electron chi connectivity index (χ1n) is 11.0. The highest BCUT2D eigenvalue weighted by atomic mass is 19.1. The van der Waals surface area contributed by atoms with Crippen molar-refractivity contribution in [1.82, 2.24) is 34.4 Å². The zero-order chi connectivity index (χ0) is 22.8. The predicted octanol–water partition coefficient (Wildman–Crippen LogP) is 3.09. The Hall–Kier alpha value is -3.66. The van der Waals surface area contributed by atoms with Gasteiger partial charge in [0.05, 0.1) is 35.2 Å². The summed E-state index contributed by atoms with van der Waals surface area (Å²) in [5, 5.41) is 12.3. The first-order chi connectivity index (χ1) is 16.1. The highest BCUT2D eigenvalue weighted by molar-refractivity contribution is 6.04. The third-order valence-electron chi connectivity index (χ3n) is 6.01. The van der Waals surface area contributed by atoms with E-state index in [4.69, 9.17) is 4.98 Å². The highest BCUT2D eigenvalue weighted by Gasteiger charge is 2.22. The summed E-state index contributed by atoms with van der Waals surface area (Å²) in [5.41, 5.74) is 2.93. The lowest BCUT2D eigenvalue weighted by atomic mass is 10.1. The molecule has 1 aliphatic rings. The predicted molar refractivity (Wildman–Crippen MR) is 123 cm³/mol. The lowest BCUT2D eigenvalue weighted by molar-refractivity contribution is 0.102. The van der Waals surface area contributed by atoms with Gasteiger partial charge in [-0.25, -0.2) is 14.4 Å². The van der Waals surface area contributed by atoms with Gasteiger partial charge in [-0.05, 0) is 25.0 Å². The number of halogens is 1. The number of anilines is 1. The van der Waals surface area contributed by atoms with Crippen LogP contribution >= 0.6 is 0 Å². The topological polar surface area (TPSA) is 93.8 Å². The maximum absolute atomic E-state index is 12.8. The van der Waals surface area contributed by atoms with Crippen molar-refractivity contribution in [2.45, 2.75) is 18.9 Å². The lowest BCUT2D eigenvalue weighted by Gasteiger charge is -2.31. The van der Waals surface area contributed by atoms with E-state index in [9.17, 15) is 9.18 Å². The molecule has 0 spiro atoms. The number of aryl methyl sites for hydroxylation is 1. The number of aromatic nitrogens is 6. The van der Waals surface area contributed by atoms with Gasteiger partial charge < -0.3 is 10.2 Å². The van der Waals surface area contributed by atoms with E-state index >= 15 is 0 Å². The molecule has 10 heteroatoms. The van der Waals surface area contributed by atoms with E-state index in [1.165, 1.54) is 0 Å². The van der Waals surface area contributed by atoms with E-state index in [1.807, 2.05) is 30.1 Å². The Morgan fingerprint density at radius 2 is 2.00 bits per heavy atom. The van der Waals surface area contributed by atoms with E-state index in [0.29, 0.717) is 17.9 Å². The molecule has 1 amide bonds. The van der Waals surface area contributed by atoms with Crippen LogP contribution in [-0.2, 0) is 7.05 Å². The number of likely N-dealkylation sites (tertiary alicyclic amines) is 1. The quantitative estimate of drug-likeness (QED) is 0.487. The number of hydrogen-bond acceptors (Lipinski definition) is 6. The number of alkyl halides is 1. The highest BCUT2D eigenvalue weighted by Crippen LogP contribution is 2.23. The van der Waals surface area contributed by atoms with Gasteiger partial charge in [-0.15, -0.1) is 0 Å². The average molecular weight is 449 g/mol. The van der Waals surface area contributed by atoms with Gasteiger partial charge in [-0.2, -0.15) is 10.2 Å². The SMILES string of the molecule is Cn1cc(-c2ccc3cnc(NC(=O)c4cnn(C5CCN(CCF)CC5)c4)cc3n2)cn1. The summed E-state index contributed by atoms with van der Waals surface area (Å²) < 4.78 is 16.1. The van der Waals surface area contributed by atoms with Crippen molar-refractivity contribution in [1.29, 1.82) is 0 Å². The number of nitrogens with zero attached hydrogens (tertiary/aromatic N) is 7. The maximum Gasteiger partial charge on any atom is 0.260 e. The average Bonchev–Trinajstić information content (AvgIpc) is 3.49. The second-order valence-corrected chi connectivity index (χ2v) is 8.29. The Balaban J connectivity index is 1.28. The van der Waals surface area contributed by atoms with Gasteiger partial charge in [-0.3, -0.25) is 14.2 Å². The molecule has 1 saturated heterocycles. The summed E-state index contributed by atoms with van der Waals surface area (Å²) >= 11 is 0. The molecule has 0 atom stereocenters. The van der Waals surface area contributed by atoms with Crippen LogP contribution in [0.4, 0.5) is 10.2 Å². The molecule has 1 aliphatic heterocycles. The van der Waals surface area contributed by atoms with Crippen molar-refractivity contribution in [3.63, 3.8) is 0 Å². The molecular weight excluding hydrogens is 423 g/mol. The summed E-state index contributed by atoms with van der Waals surface area (Å²) in [7, 11) is 1.86. The molecule has 0 radical (unpaired) electrons. The minimum absolute atomic E-state index is 0.219. The molecule has 5 heterocycles. The van der Waals surface area contributed by atoms with Crippen LogP contribution in [0.25, 0.3) is 22.2 Å². The van der Waals surface area contributed by atoms with Crippen molar-refractivity contribution >= 4 is 22.6 Å².